The maximum absolute atomic E-state index is 2.45. The minimum atomic E-state index is 0.921. The van der Waals surface area contributed by atoms with Crippen LogP contribution in [0.5, 0.6) is 0 Å². The van der Waals surface area contributed by atoms with Gasteiger partial charge in [-0.15, -0.1) is 0 Å². The molecule has 0 aliphatic heterocycles. The van der Waals surface area contributed by atoms with Gasteiger partial charge in [0.15, 0.2) is 0 Å². The van der Waals surface area contributed by atoms with Crippen molar-refractivity contribution in [3.8, 4) is 50.2 Å². The van der Waals surface area contributed by atoms with Crippen LogP contribution in [0.25, 0.3) is 77.6 Å². The van der Waals surface area contributed by atoms with E-state index in [4.69, 9.17) is 0 Å². The van der Waals surface area contributed by atoms with Crippen molar-refractivity contribution in [1.29, 1.82) is 0 Å². The highest BCUT2D eigenvalue weighted by molar-refractivity contribution is 6.10. The van der Waals surface area contributed by atoms with Gasteiger partial charge in [0, 0.05) is 16.5 Å². The summed E-state index contributed by atoms with van der Waals surface area (Å²) in [5.41, 5.74) is 20.3. The molecule has 1 aliphatic rings. The van der Waals surface area contributed by atoms with E-state index in [1.165, 1.54) is 94.2 Å². The SMILES string of the molecule is Cc1ccc(-c2ccccc2)cc1-c1cc(-c2ccc3c(c2)c2ccccc2n3-c2ccc(-c3ccccc3)cc2)ccc1CC1=CC(c2ccccc2)=CCC1. The molecule has 10 rings (SSSR count). The predicted molar refractivity (Wildman–Crippen MR) is 243 cm³/mol. The van der Waals surface area contributed by atoms with Crippen LogP contribution in [0.2, 0.25) is 0 Å². The van der Waals surface area contributed by atoms with Gasteiger partial charge in [-0.3, -0.25) is 0 Å². The molecule has 0 radical (unpaired) electrons. The lowest BCUT2D eigenvalue weighted by Gasteiger charge is -2.19. The Labute approximate surface area is 335 Å². The van der Waals surface area contributed by atoms with E-state index in [1.54, 1.807) is 0 Å². The first-order valence-corrected chi connectivity index (χ1v) is 20.1. The lowest BCUT2D eigenvalue weighted by atomic mass is 9.85. The molecular weight excluding hydrogens is 687 g/mol. The molecule has 1 aliphatic carbocycles. The van der Waals surface area contributed by atoms with Crippen LogP contribution in [-0.4, -0.2) is 4.57 Å². The summed E-state index contributed by atoms with van der Waals surface area (Å²) in [5, 5.41) is 2.52. The second-order valence-electron chi connectivity index (χ2n) is 15.3. The lowest BCUT2D eigenvalue weighted by molar-refractivity contribution is 0.915. The summed E-state index contributed by atoms with van der Waals surface area (Å²) < 4.78 is 2.41. The fourth-order valence-electron chi connectivity index (χ4n) is 8.73. The summed E-state index contributed by atoms with van der Waals surface area (Å²) in [5.74, 6) is 0. The maximum atomic E-state index is 2.45. The van der Waals surface area contributed by atoms with Gasteiger partial charge in [-0.1, -0.05) is 169 Å². The van der Waals surface area contributed by atoms with E-state index in [0.717, 1.165) is 24.9 Å². The normalized spacial score (nSPS) is 12.8. The Morgan fingerprint density at radius 1 is 0.439 bits per heavy atom. The number of aryl methyl sites for hydroxylation is 1. The van der Waals surface area contributed by atoms with Gasteiger partial charge in [0.05, 0.1) is 11.0 Å². The van der Waals surface area contributed by atoms with Gasteiger partial charge in [0.1, 0.15) is 0 Å². The molecule has 9 aromatic rings. The predicted octanol–water partition coefficient (Wildman–Crippen LogP) is 15.1. The highest BCUT2D eigenvalue weighted by atomic mass is 15.0. The van der Waals surface area contributed by atoms with E-state index < -0.39 is 0 Å². The number of nitrogens with zero attached hydrogens (tertiary/aromatic N) is 1. The molecule has 0 bridgehead atoms. The fraction of sp³-hybridized carbons (Fsp3) is 0.0714. The van der Waals surface area contributed by atoms with Crippen molar-refractivity contribution in [3.63, 3.8) is 0 Å². The van der Waals surface area contributed by atoms with Crippen molar-refractivity contribution >= 4 is 27.4 Å². The number of aromatic nitrogens is 1. The van der Waals surface area contributed by atoms with Crippen LogP contribution >= 0.6 is 0 Å². The number of para-hydroxylation sites is 1. The number of fused-ring (bicyclic) bond motifs is 3. The average Bonchev–Trinajstić information content (AvgIpc) is 3.61. The summed E-state index contributed by atoms with van der Waals surface area (Å²) >= 11 is 0. The van der Waals surface area contributed by atoms with Crippen molar-refractivity contribution in [2.75, 3.05) is 0 Å². The van der Waals surface area contributed by atoms with Gasteiger partial charge < -0.3 is 4.57 Å². The van der Waals surface area contributed by atoms with E-state index in [9.17, 15) is 0 Å². The zero-order valence-corrected chi connectivity index (χ0v) is 32.2. The first-order valence-electron chi connectivity index (χ1n) is 20.1. The zero-order chi connectivity index (χ0) is 38.1. The highest BCUT2D eigenvalue weighted by Crippen LogP contribution is 2.40. The maximum Gasteiger partial charge on any atom is 0.0541 e. The van der Waals surface area contributed by atoms with Gasteiger partial charge in [0.25, 0.3) is 0 Å². The van der Waals surface area contributed by atoms with Gasteiger partial charge in [-0.05, 0) is 135 Å². The monoisotopic (exact) mass is 729 g/mol. The first-order chi connectivity index (χ1) is 28.2. The third-order valence-electron chi connectivity index (χ3n) is 11.7. The molecule has 0 saturated heterocycles. The zero-order valence-electron chi connectivity index (χ0n) is 32.2. The molecule has 1 nitrogen and oxygen atoms in total. The molecule has 1 heteroatoms. The average molecular weight is 730 g/mol. The van der Waals surface area contributed by atoms with Crippen LogP contribution in [-0.2, 0) is 6.42 Å². The van der Waals surface area contributed by atoms with Crippen LogP contribution in [0.1, 0.15) is 29.5 Å². The Morgan fingerprint density at radius 3 is 1.74 bits per heavy atom. The van der Waals surface area contributed by atoms with Crippen molar-refractivity contribution in [3.05, 3.63) is 229 Å². The summed E-state index contributed by atoms with van der Waals surface area (Å²) in [4.78, 5) is 0. The quantitative estimate of drug-likeness (QED) is 0.147. The van der Waals surface area contributed by atoms with E-state index in [0.29, 0.717) is 0 Å². The second kappa shape index (κ2) is 14.9. The third kappa shape index (κ3) is 6.72. The standard InChI is InChI=1S/C56H43N/c1-39-24-25-46(43-19-9-4-10-20-43)36-52(39)53-37-47(26-27-49(53)35-40-14-13-21-45(34-40)42-17-7-3-8-18-42)48-30-33-56-54(38-48)51-22-11-12-23-55(51)57(56)50-31-28-44(29-32-50)41-15-5-2-6-16-41/h2-12,15-34,36-38H,13-14,35H2,1H3. The molecule has 57 heavy (non-hydrogen) atoms. The Morgan fingerprint density at radius 2 is 0.982 bits per heavy atom. The molecule has 0 unspecified atom stereocenters. The summed E-state index contributed by atoms with van der Waals surface area (Å²) in [6.07, 6.45) is 7.89. The number of hydrogen-bond donors (Lipinski definition) is 0. The van der Waals surface area contributed by atoms with Gasteiger partial charge in [-0.25, -0.2) is 0 Å². The lowest BCUT2D eigenvalue weighted by Crippen LogP contribution is -2.00. The fourth-order valence-corrected chi connectivity index (χ4v) is 8.73. The van der Waals surface area contributed by atoms with Crippen molar-refractivity contribution in [2.24, 2.45) is 0 Å². The van der Waals surface area contributed by atoms with Crippen LogP contribution in [0.15, 0.2) is 212 Å². The highest BCUT2D eigenvalue weighted by Gasteiger charge is 2.17. The van der Waals surface area contributed by atoms with E-state index in [-0.39, 0.29) is 0 Å². The molecule has 0 fully saturated rings. The van der Waals surface area contributed by atoms with Gasteiger partial charge >= 0.3 is 0 Å². The Kier molecular flexibility index (Phi) is 9.05. The van der Waals surface area contributed by atoms with Crippen molar-refractivity contribution < 1.29 is 0 Å². The molecule has 1 heterocycles. The Hall–Kier alpha value is -6.96. The Bertz CT molecular complexity index is 2940. The smallest absolute Gasteiger partial charge is 0.0541 e. The molecule has 0 spiro atoms. The number of allylic oxidation sites excluding steroid dienone is 4. The molecule has 0 saturated carbocycles. The summed E-state index contributed by atoms with van der Waals surface area (Å²) in [6.45, 7) is 2.25. The van der Waals surface area contributed by atoms with E-state index in [1.807, 2.05) is 0 Å². The number of hydrogen-bond acceptors (Lipinski definition) is 0. The van der Waals surface area contributed by atoms with E-state index >= 15 is 0 Å². The van der Waals surface area contributed by atoms with Crippen LogP contribution in [0, 0.1) is 6.92 Å². The molecule has 0 amide bonds. The van der Waals surface area contributed by atoms with Gasteiger partial charge in [0.2, 0.25) is 0 Å². The van der Waals surface area contributed by atoms with Crippen LogP contribution in [0.4, 0.5) is 0 Å². The van der Waals surface area contributed by atoms with Crippen molar-refractivity contribution in [1.82, 2.24) is 4.57 Å². The largest absolute Gasteiger partial charge is 0.309 e. The minimum Gasteiger partial charge on any atom is -0.309 e. The van der Waals surface area contributed by atoms with Gasteiger partial charge in [-0.2, -0.15) is 0 Å². The Balaban J connectivity index is 1.08. The molecule has 0 N–H and O–H groups in total. The molecular formula is C56H43N. The van der Waals surface area contributed by atoms with Crippen LogP contribution in [0.3, 0.4) is 0 Å². The minimum absolute atomic E-state index is 0.921. The summed E-state index contributed by atoms with van der Waals surface area (Å²) in [6, 6.07) is 71.1. The third-order valence-corrected chi connectivity index (χ3v) is 11.7. The first kappa shape index (κ1) is 34.5. The topological polar surface area (TPSA) is 4.93 Å². The molecule has 1 aromatic heterocycles. The summed E-state index contributed by atoms with van der Waals surface area (Å²) in [7, 11) is 0. The van der Waals surface area contributed by atoms with E-state index in [2.05, 4.69) is 218 Å². The number of benzene rings is 8. The second-order valence-corrected chi connectivity index (χ2v) is 15.3. The molecule has 272 valence electrons. The number of rotatable bonds is 8. The molecule has 8 aromatic carbocycles. The molecule has 0 atom stereocenters. The van der Waals surface area contributed by atoms with Crippen LogP contribution < -0.4 is 0 Å². The van der Waals surface area contributed by atoms with Crippen molar-refractivity contribution in [2.45, 2.75) is 26.2 Å².